The lowest BCUT2D eigenvalue weighted by Crippen LogP contribution is -1.88. The largest absolute Gasteiger partial charge is 0.397 e. The Bertz CT molecular complexity index is 433. The Hall–Kier alpha value is -1.29. The molecule has 0 unspecified atom stereocenters. The van der Waals surface area contributed by atoms with Crippen LogP contribution in [0, 0.1) is 6.92 Å². The van der Waals surface area contributed by atoms with Crippen molar-refractivity contribution in [3.8, 4) is 0 Å². The molecule has 0 amide bonds. The van der Waals surface area contributed by atoms with E-state index in [-0.39, 0.29) is 0 Å². The standard InChI is InChI=1S/C8H9N3S/c1-4-2-5(9)7-6(3-4)12-8(10)11-7/h2-3H,9H2,1H3,(H2,10,11). The number of nitrogens with zero attached hydrogens (tertiary/aromatic N) is 1. The summed E-state index contributed by atoms with van der Waals surface area (Å²) in [5, 5.41) is 0.572. The van der Waals surface area contributed by atoms with Crippen molar-refractivity contribution in [2.45, 2.75) is 6.92 Å². The molecule has 0 aliphatic carbocycles. The van der Waals surface area contributed by atoms with Crippen LogP contribution in [0.1, 0.15) is 5.56 Å². The molecule has 4 heteroatoms. The Morgan fingerprint density at radius 2 is 2.08 bits per heavy atom. The van der Waals surface area contributed by atoms with Crippen molar-refractivity contribution in [1.82, 2.24) is 4.98 Å². The fourth-order valence-electron chi connectivity index (χ4n) is 1.22. The fourth-order valence-corrected chi connectivity index (χ4v) is 2.08. The number of aromatic nitrogens is 1. The van der Waals surface area contributed by atoms with Crippen molar-refractivity contribution in [3.63, 3.8) is 0 Å². The molecule has 2 rings (SSSR count). The SMILES string of the molecule is Cc1cc(N)c2nc(N)sc2c1. The molecule has 0 spiro atoms. The number of thiazole rings is 1. The lowest BCUT2D eigenvalue weighted by molar-refractivity contribution is 1.46. The Balaban J connectivity index is 2.88. The van der Waals surface area contributed by atoms with Gasteiger partial charge in [0.25, 0.3) is 0 Å². The van der Waals surface area contributed by atoms with E-state index in [0.717, 1.165) is 15.8 Å². The van der Waals surface area contributed by atoms with Gasteiger partial charge in [-0.15, -0.1) is 0 Å². The number of hydrogen-bond acceptors (Lipinski definition) is 4. The number of nitrogen functional groups attached to an aromatic ring is 2. The Kier molecular flexibility index (Phi) is 1.44. The molecule has 12 heavy (non-hydrogen) atoms. The normalized spacial score (nSPS) is 10.8. The second-order valence-electron chi connectivity index (χ2n) is 2.75. The monoisotopic (exact) mass is 179 g/mol. The molecule has 1 heterocycles. The van der Waals surface area contributed by atoms with Crippen LogP contribution in [0.15, 0.2) is 12.1 Å². The predicted octanol–water partition coefficient (Wildman–Crippen LogP) is 1.77. The first-order chi connectivity index (χ1) is 5.66. The zero-order valence-electron chi connectivity index (χ0n) is 6.66. The third-order valence-electron chi connectivity index (χ3n) is 1.69. The highest BCUT2D eigenvalue weighted by Gasteiger charge is 2.04. The van der Waals surface area contributed by atoms with Crippen molar-refractivity contribution in [3.05, 3.63) is 17.7 Å². The molecule has 1 aromatic carbocycles. The van der Waals surface area contributed by atoms with E-state index >= 15 is 0 Å². The minimum atomic E-state index is 0.572. The average molecular weight is 179 g/mol. The molecular formula is C8H9N3S. The third kappa shape index (κ3) is 1.00. The van der Waals surface area contributed by atoms with Gasteiger partial charge in [-0.05, 0) is 24.6 Å². The van der Waals surface area contributed by atoms with Gasteiger partial charge in [0, 0.05) is 0 Å². The molecule has 1 aromatic heterocycles. The number of anilines is 2. The highest BCUT2D eigenvalue weighted by molar-refractivity contribution is 7.22. The average Bonchev–Trinajstić information content (AvgIpc) is 2.29. The van der Waals surface area contributed by atoms with Gasteiger partial charge >= 0.3 is 0 Å². The maximum Gasteiger partial charge on any atom is 0.181 e. The fraction of sp³-hybridized carbons (Fsp3) is 0.125. The molecule has 0 radical (unpaired) electrons. The van der Waals surface area contributed by atoms with Crippen LogP contribution in [0.5, 0.6) is 0 Å². The lowest BCUT2D eigenvalue weighted by Gasteiger charge is -1.95. The maximum absolute atomic E-state index is 5.76. The van der Waals surface area contributed by atoms with Crippen molar-refractivity contribution >= 4 is 32.4 Å². The van der Waals surface area contributed by atoms with Crippen LogP contribution < -0.4 is 11.5 Å². The molecule has 62 valence electrons. The molecule has 3 nitrogen and oxygen atoms in total. The van der Waals surface area contributed by atoms with E-state index in [9.17, 15) is 0 Å². The first-order valence-electron chi connectivity index (χ1n) is 3.59. The number of benzene rings is 1. The molecule has 0 fully saturated rings. The van der Waals surface area contributed by atoms with Gasteiger partial charge in [-0.1, -0.05) is 11.3 Å². The molecule has 0 atom stereocenters. The summed E-state index contributed by atoms with van der Waals surface area (Å²) in [4.78, 5) is 4.13. The van der Waals surface area contributed by atoms with Gasteiger partial charge in [0.1, 0.15) is 5.52 Å². The number of nitrogens with two attached hydrogens (primary N) is 2. The quantitative estimate of drug-likeness (QED) is 0.606. The Morgan fingerprint density at radius 1 is 1.33 bits per heavy atom. The summed E-state index contributed by atoms with van der Waals surface area (Å²) in [5.41, 5.74) is 14.0. The summed E-state index contributed by atoms with van der Waals surface area (Å²) in [6.45, 7) is 2.01. The topological polar surface area (TPSA) is 64.9 Å². The van der Waals surface area contributed by atoms with Crippen LogP contribution in [0.25, 0.3) is 10.2 Å². The molecule has 0 aliphatic rings. The van der Waals surface area contributed by atoms with E-state index in [1.165, 1.54) is 11.3 Å². The van der Waals surface area contributed by atoms with Crippen LogP contribution in [-0.2, 0) is 0 Å². The number of rotatable bonds is 0. The third-order valence-corrected chi connectivity index (χ3v) is 2.52. The summed E-state index contributed by atoms with van der Waals surface area (Å²) in [6, 6.07) is 3.95. The van der Waals surface area contributed by atoms with Crippen LogP contribution >= 0.6 is 11.3 Å². The first kappa shape index (κ1) is 7.36. The number of hydrogen-bond donors (Lipinski definition) is 2. The van der Waals surface area contributed by atoms with E-state index in [1.54, 1.807) is 0 Å². The van der Waals surface area contributed by atoms with Crippen molar-refractivity contribution in [2.24, 2.45) is 0 Å². The molecule has 0 aliphatic heterocycles. The summed E-state index contributed by atoms with van der Waals surface area (Å²) in [7, 11) is 0. The van der Waals surface area contributed by atoms with Crippen LogP contribution in [0.3, 0.4) is 0 Å². The number of fused-ring (bicyclic) bond motifs is 1. The van der Waals surface area contributed by atoms with E-state index in [2.05, 4.69) is 4.98 Å². The Morgan fingerprint density at radius 3 is 2.83 bits per heavy atom. The Labute approximate surface area is 74.0 Å². The maximum atomic E-state index is 5.76. The zero-order chi connectivity index (χ0) is 8.72. The summed E-state index contributed by atoms with van der Waals surface area (Å²) >= 11 is 1.47. The minimum Gasteiger partial charge on any atom is -0.397 e. The van der Waals surface area contributed by atoms with Gasteiger partial charge in [0.2, 0.25) is 0 Å². The molecule has 0 saturated heterocycles. The van der Waals surface area contributed by atoms with E-state index in [4.69, 9.17) is 11.5 Å². The highest BCUT2D eigenvalue weighted by atomic mass is 32.1. The molecular weight excluding hydrogens is 170 g/mol. The van der Waals surface area contributed by atoms with Gasteiger partial charge < -0.3 is 11.5 Å². The smallest absolute Gasteiger partial charge is 0.181 e. The zero-order valence-corrected chi connectivity index (χ0v) is 7.48. The van der Waals surface area contributed by atoms with E-state index in [0.29, 0.717) is 10.8 Å². The van der Waals surface area contributed by atoms with Crippen LogP contribution in [0.2, 0.25) is 0 Å². The first-order valence-corrected chi connectivity index (χ1v) is 4.40. The highest BCUT2D eigenvalue weighted by Crippen LogP contribution is 2.28. The van der Waals surface area contributed by atoms with Crippen molar-refractivity contribution < 1.29 is 0 Å². The van der Waals surface area contributed by atoms with Crippen molar-refractivity contribution in [2.75, 3.05) is 11.5 Å². The minimum absolute atomic E-state index is 0.572. The molecule has 0 bridgehead atoms. The summed E-state index contributed by atoms with van der Waals surface area (Å²) < 4.78 is 1.06. The van der Waals surface area contributed by atoms with E-state index < -0.39 is 0 Å². The van der Waals surface area contributed by atoms with E-state index in [1.807, 2.05) is 19.1 Å². The van der Waals surface area contributed by atoms with Gasteiger partial charge in [0.15, 0.2) is 5.13 Å². The predicted molar refractivity (Wildman–Crippen MR) is 53.2 cm³/mol. The van der Waals surface area contributed by atoms with Crippen LogP contribution in [-0.4, -0.2) is 4.98 Å². The van der Waals surface area contributed by atoms with Gasteiger partial charge in [0.05, 0.1) is 10.4 Å². The van der Waals surface area contributed by atoms with Crippen molar-refractivity contribution in [1.29, 1.82) is 0 Å². The number of aryl methyl sites for hydroxylation is 1. The second kappa shape index (κ2) is 2.35. The van der Waals surface area contributed by atoms with Gasteiger partial charge in [-0.3, -0.25) is 0 Å². The second-order valence-corrected chi connectivity index (χ2v) is 3.82. The van der Waals surface area contributed by atoms with Gasteiger partial charge in [-0.25, -0.2) is 4.98 Å². The lowest BCUT2D eigenvalue weighted by atomic mass is 10.2. The van der Waals surface area contributed by atoms with Gasteiger partial charge in [-0.2, -0.15) is 0 Å². The molecule has 0 saturated carbocycles. The molecule has 4 N–H and O–H groups in total. The summed E-state index contributed by atoms with van der Waals surface area (Å²) in [5.74, 6) is 0. The summed E-state index contributed by atoms with van der Waals surface area (Å²) in [6.07, 6.45) is 0. The molecule has 2 aromatic rings. The van der Waals surface area contributed by atoms with Crippen LogP contribution in [0.4, 0.5) is 10.8 Å².